The molecule has 4 nitrogen and oxygen atoms in total. The topological polar surface area (TPSA) is 52.6 Å². The van der Waals surface area contributed by atoms with E-state index in [1.54, 1.807) is 6.08 Å². The highest BCUT2D eigenvalue weighted by Gasteiger charge is 2.20. The molecule has 0 N–H and O–H groups in total. The smallest absolute Gasteiger partial charge is 0.158 e. The third kappa shape index (κ3) is 6.33. The molecule has 1 fully saturated rings. The van der Waals surface area contributed by atoms with Gasteiger partial charge in [0.25, 0.3) is 0 Å². The molecule has 4 heteroatoms. The number of rotatable bonds is 3. The molecule has 24 heavy (non-hydrogen) atoms. The molecular weight excluding hydrogens is 304 g/mol. The minimum Gasteiger partial charge on any atom is -0.353 e. The number of ether oxygens (including phenoxy) is 2. The number of hydrogen-bond acceptors (Lipinski definition) is 4. The zero-order valence-electron chi connectivity index (χ0n) is 15.0. The lowest BCUT2D eigenvalue weighted by molar-refractivity contribution is -0.180. The lowest BCUT2D eigenvalue weighted by Gasteiger charge is -2.24. The van der Waals surface area contributed by atoms with E-state index in [2.05, 4.69) is 0 Å². The van der Waals surface area contributed by atoms with Gasteiger partial charge in [-0.25, -0.2) is 0 Å². The van der Waals surface area contributed by atoms with Gasteiger partial charge in [-0.1, -0.05) is 25.5 Å². The van der Waals surface area contributed by atoms with Gasteiger partial charge >= 0.3 is 0 Å². The second-order valence-corrected chi connectivity index (χ2v) is 6.99. The van der Waals surface area contributed by atoms with Crippen molar-refractivity contribution in [2.24, 2.45) is 11.8 Å². The number of carbonyl (C=O) groups is 2. The zero-order valence-corrected chi connectivity index (χ0v) is 15.0. The van der Waals surface area contributed by atoms with E-state index < -0.39 is 0 Å². The summed E-state index contributed by atoms with van der Waals surface area (Å²) in [6.07, 6.45) is 12.4. The van der Waals surface area contributed by atoms with Crippen molar-refractivity contribution < 1.29 is 19.1 Å². The van der Waals surface area contributed by atoms with Crippen LogP contribution in [0.4, 0.5) is 0 Å². The maximum Gasteiger partial charge on any atom is 0.158 e. The van der Waals surface area contributed by atoms with Gasteiger partial charge in [0, 0.05) is 18.3 Å². The molecule has 2 unspecified atom stereocenters. The van der Waals surface area contributed by atoms with Gasteiger partial charge in [-0.2, -0.15) is 0 Å². The minimum atomic E-state index is -0.0518. The quantitative estimate of drug-likeness (QED) is 0.783. The Bertz CT molecular complexity index is 486. The van der Waals surface area contributed by atoms with Crippen molar-refractivity contribution >= 4 is 11.6 Å². The summed E-state index contributed by atoms with van der Waals surface area (Å²) < 4.78 is 11.0. The second kappa shape index (κ2) is 9.90. The first-order valence-corrected chi connectivity index (χ1v) is 9.23. The largest absolute Gasteiger partial charge is 0.353 e. The highest BCUT2D eigenvalue weighted by atomic mass is 16.7. The van der Waals surface area contributed by atoms with Gasteiger partial charge < -0.3 is 9.47 Å². The Balaban J connectivity index is 0.000000219. The molecule has 3 aliphatic rings. The number of allylic oxidation sites excluding steroid dienone is 4. The van der Waals surface area contributed by atoms with E-state index in [1.165, 1.54) is 5.57 Å². The van der Waals surface area contributed by atoms with Crippen molar-refractivity contribution in [1.29, 1.82) is 0 Å². The molecule has 0 aromatic rings. The molecule has 1 aliphatic heterocycles. The molecule has 0 aromatic carbocycles. The first-order valence-electron chi connectivity index (χ1n) is 9.23. The highest BCUT2D eigenvalue weighted by molar-refractivity contribution is 5.93. The van der Waals surface area contributed by atoms with E-state index in [0.717, 1.165) is 58.2 Å². The molecule has 0 aromatic heterocycles. The van der Waals surface area contributed by atoms with E-state index in [4.69, 9.17) is 9.47 Å². The monoisotopic (exact) mass is 334 g/mol. The van der Waals surface area contributed by atoms with Crippen molar-refractivity contribution in [2.75, 3.05) is 13.2 Å². The molecule has 1 heterocycles. The SMILES string of the molecule is CC1CCC(CCC2OCCCO2)=CC1=O.CC1CCC=CC1=O. The van der Waals surface area contributed by atoms with Gasteiger partial charge in [0.1, 0.15) is 0 Å². The van der Waals surface area contributed by atoms with Crippen molar-refractivity contribution in [3.8, 4) is 0 Å². The molecule has 2 aliphatic carbocycles. The van der Waals surface area contributed by atoms with E-state index in [-0.39, 0.29) is 29.7 Å². The molecule has 2 atom stereocenters. The fraction of sp³-hybridized carbons (Fsp3) is 0.700. The van der Waals surface area contributed by atoms with Crippen LogP contribution < -0.4 is 0 Å². The molecule has 134 valence electrons. The van der Waals surface area contributed by atoms with E-state index in [0.29, 0.717) is 0 Å². The molecular formula is C20H30O4. The third-order valence-electron chi connectivity index (χ3n) is 4.86. The van der Waals surface area contributed by atoms with Gasteiger partial charge in [0.05, 0.1) is 13.2 Å². The summed E-state index contributed by atoms with van der Waals surface area (Å²) in [6, 6.07) is 0. The van der Waals surface area contributed by atoms with Crippen LogP contribution in [-0.2, 0) is 19.1 Å². The van der Waals surface area contributed by atoms with Crippen LogP contribution in [0.3, 0.4) is 0 Å². The molecule has 0 amide bonds. The lowest BCUT2D eigenvalue weighted by Crippen LogP contribution is -2.25. The van der Waals surface area contributed by atoms with Crippen LogP contribution in [0.2, 0.25) is 0 Å². The average molecular weight is 334 g/mol. The Hall–Kier alpha value is -1.26. The average Bonchev–Trinajstić information content (AvgIpc) is 2.60. The highest BCUT2D eigenvalue weighted by Crippen LogP contribution is 2.25. The summed E-state index contributed by atoms with van der Waals surface area (Å²) >= 11 is 0. The van der Waals surface area contributed by atoms with Gasteiger partial charge in [0.15, 0.2) is 17.9 Å². The van der Waals surface area contributed by atoms with E-state index >= 15 is 0 Å². The first kappa shape index (κ1) is 19.1. The van der Waals surface area contributed by atoms with Gasteiger partial charge in [0.2, 0.25) is 0 Å². The fourth-order valence-corrected chi connectivity index (χ4v) is 3.02. The van der Waals surface area contributed by atoms with Crippen molar-refractivity contribution in [3.63, 3.8) is 0 Å². The van der Waals surface area contributed by atoms with Crippen LogP contribution in [0, 0.1) is 11.8 Å². The molecule has 0 spiro atoms. The maximum absolute atomic E-state index is 11.5. The molecule has 0 radical (unpaired) electrons. The Morgan fingerprint density at radius 1 is 1.04 bits per heavy atom. The Labute approximate surface area is 145 Å². The Morgan fingerprint density at radius 3 is 2.33 bits per heavy atom. The first-order chi connectivity index (χ1) is 11.6. The van der Waals surface area contributed by atoms with Crippen molar-refractivity contribution in [1.82, 2.24) is 0 Å². The molecule has 3 rings (SSSR count). The summed E-state index contributed by atoms with van der Waals surface area (Å²) in [4.78, 5) is 22.2. The maximum atomic E-state index is 11.5. The van der Waals surface area contributed by atoms with Crippen molar-refractivity contribution in [3.05, 3.63) is 23.8 Å². The third-order valence-corrected chi connectivity index (χ3v) is 4.86. The van der Waals surface area contributed by atoms with Crippen LogP contribution in [-0.4, -0.2) is 31.1 Å². The number of hydrogen-bond donors (Lipinski definition) is 0. The van der Waals surface area contributed by atoms with Crippen LogP contribution >= 0.6 is 0 Å². The zero-order chi connectivity index (χ0) is 17.4. The molecule has 0 saturated carbocycles. The van der Waals surface area contributed by atoms with Crippen LogP contribution in [0.25, 0.3) is 0 Å². The van der Waals surface area contributed by atoms with Gasteiger partial charge in [-0.05, 0) is 50.7 Å². The van der Waals surface area contributed by atoms with Crippen LogP contribution in [0.1, 0.15) is 58.8 Å². The molecule has 1 saturated heterocycles. The summed E-state index contributed by atoms with van der Waals surface area (Å²) in [5.74, 6) is 1.06. The predicted octanol–water partition coefficient (Wildman–Crippen LogP) is 4.00. The fourth-order valence-electron chi connectivity index (χ4n) is 3.02. The van der Waals surface area contributed by atoms with Gasteiger partial charge in [-0.15, -0.1) is 0 Å². The van der Waals surface area contributed by atoms with Crippen LogP contribution in [0.15, 0.2) is 23.8 Å². The summed E-state index contributed by atoms with van der Waals surface area (Å²) in [6.45, 7) is 5.59. The standard InChI is InChI=1S/C13H20O3.C7H10O/c1-10-3-4-11(9-12(10)14)5-6-13-15-7-2-8-16-13;1-6-4-2-3-5-7(6)8/h9-10,13H,2-8H2,1H3;3,5-6H,2,4H2,1H3. The van der Waals surface area contributed by atoms with Crippen LogP contribution in [0.5, 0.6) is 0 Å². The van der Waals surface area contributed by atoms with Crippen molar-refractivity contribution in [2.45, 2.75) is 65.1 Å². The molecule has 0 bridgehead atoms. The second-order valence-electron chi connectivity index (χ2n) is 6.99. The number of ketones is 2. The predicted molar refractivity (Wildman–Crippen MR) is 93.6 cm³/mol. The lowest BCUT2D eigenvalue weighted by atomic mass is 9.88. The summed E-state index contributed by atoms with van der Waals surface area (Å²) in [5, 5.41) is 0. The van der Waals surface area contributed by atoms with E-state index in [9.17, 15) is 9.59 Å². The minimum absolute atomic E-state index is 0.0518. The number of carbonyl (C=O) groups excluding carboxylic acids is 2. The normalized spacial score (nSPS) is 28.2. The summed E-state index contributed by atoms with van der Waals surface area (Å²) in [5.41, 5.74) is 1.26. The van der Waals surface area contributed by atoms with E-state index in [1.807, 2.05) is 26.0 Å². The Morgan fingerprint density at radius 2 is 1.75 bits per heavy atom. The summed E-state index contributed by atoms with van der Waals surface area (Å²) in [7, 11) is 0. The van der Waals surface area contributed by atoms with Gasteiger partial charge in [-0.3, -0.25) is 9.59 Å². The Kier molecular flexibility index (Phi) is 7.86.